The first-order valence-corrected chi connectivity index (χ1v) is 4.97. The summed E-state index contributed by atoms with van der Waals surface area (Å²) in [5, 5.41) is 0. The molecule has 3 nitrogen and oxygen atoms in total. The molecule has 0 aromatic heterocycles. The van der Waals surface area contributed by atoms with Crippen LogP contribution in [0.15, 0.2) is 0 Å². The number of esters is 1. The molecule has 1 rings (SSSR count). The molecule has 1 saturated heterocycles. The number of rotatable bonds is 0. The Morgan fingerprint density at radius 1 is 1.29 bits per heavy atom. The van der Waals surface area contributed by atoms with Crippen LogP contribution in [-0.4, -0.2) is 29.6 Å². The third kappa shape index (κ3) is 4.18. The summed E-state index contributed by atoms with van der Waals surface area (Å²) in [6.45, 7) is 7.44. The molecule has 0 aromatic rings. The van der Waals surface area contributed by atoms with E-state index in [9.17, 15) is 4.79 Å². The van der Waals surface area contributed by atoms with E-state index in [0.717, 1.165) is 13.1 Å². The highest BCUT2D eigenvalue weighted by atomic mass is 16.6. The summed E-state index contributed by atoms with van der Waals surface area (Å²) in [6.07, 6.45) is 2.34. The highest BCUT2D eigenvalue weighted by Gasteiger charge is 2.14. The minimum atomic E-state index is -0.448. The van der Waals surface area contributed by atoms with Gasteiger partial charge in [0.2, 0.25) is 0 Å². The maximum Gasteiger partial charge on any atom is 0.386 e. The summed E-state index contributed by atoms with van der Waals surface area (Å²) in [5.74, 6) is 2.06. The molecule has 0 radical (unpaired) electrons. The van der Waals surface area contributed by atoms with Crippen LogP contribution < -0.4 is 0 Å². The summed E-state index contributed by atoms with van der Waals surface area (Å²) in [5.41, 5.74) is -0.448. The Kier molecular flexibility index (Phi) is 3.40. The molecule has 0 aromatic carbocycles. The molecule has 0 N–H and O–H groups in total. The Hall–Kier alpha value is -1.17. The lowest BCUT2D eigenvalue weighted by Gasteiger charge is -2.17. The van der Waals surface area contributed by atoms with Crippen molar-refractivity contribution in [3.8, 4) is 12.0 Å². The number of hydrogen-bond acceptors (Lipinski definition) is 3. The summed E-state index contributed by atoms with van der Waals surface area (Å²) in [7, 11) is 0. The fourth-order valence-corrected chi connectivity index (χ4v) is 1.26. The van der Waals surface area contributed by atoms with E-state index in [4.69, 9.17) is 4.74 Å². The van der Waals surface area contributed by atoms with Gasteiger partial charge >= 0.3 is 5.97 Å². The predicted octanol–water partition coefficient (Wildman–Crippen LogP) is 1.38. The Morgan fingerprint density at radius 3 is 2.36 bits per heavy atom. The van der Waals surface area contributed by atoms with Gasteiger partial charge in [0.25, 0.3) is 0 Å². The van der Waals surface area contributed by atoms with E-state index in [2.05, 4.69) is 12.0 Å². The topological polar surface area (TPSA) is 29.5 Å². The second kappa shape index (κ2) is 4.36. The van der Waals surface area contributed by atoms with Crippen molar-refractivity contribution in [3.63, 3.8) is 0 Å². The zero-order valence-electron chi connectivity index (χ0n) is 9.09. The van der Waals surface area contributed by atoms with Gasteiger partial charge in [0.05, 0.1) is 0 Å². The second-order valence-electron chi connectivity index (χ2n) is 4.43. The van der Waals surface area contributed by atoms with E-state index in [1.54, 1.807) is 0 Å². The number of ether oxygens (including phenoxy) is 1. The van der Waals surface area contributed by atoms with Gasteiger partial charge in [-0.3, -0.25) is 0 Å². The lowest BCUT2D eigenvalue weighted by molar-refractivity contribution is -0.147. The Morgan fingerprint density at radius 2 is 1.86 bits per heavy atom. The molecule has 1 fully saturated rings. The molecular weight excluding hydrogens is 178 g/mol. The zero-order valence-corrected chi connectivity index (χ0v) is 9.09. The standard InChI is InChI=1S/C11H17NO2/c1-11(2,3)14-10(13)6-9-12-7-4-5-8-12/h4-5,7-8H2,1-3H3. The van der Waals surface area contributed by atoms with Crippen molar-refractivity contribution in [3.05, 3.63) is 0 Å². The van der Waals surface area contributed by atoms with Crippen molar-refractivity contribution in [2.75, 3.05) is 13.1 Å². The molecule has 0 unspecified atom stereocenters. The summed E-state index contributed by atoms with van der Waals surface area (Å²) < 4.78 is 5.06. The van der Waals surface area contributed by atoms with Gasteiger partial charge in [-0.15, -0.1) is 0 Å². The zero-order chi connectivity index (χ0) is 10.6. The van der Waals surface area contributed by atoms with Crippen LogP contribution in [0.5, 0.6) is 0 Å². The summed E-state index contributed by atoms with van der Waals surface area (Å²) >= 11 is 0. The van der Waals surface area contributed by atoms with Crippen LogP contribution >= 0.6 is 0 Å². The molecule has 0 atom stereocenters. The SMILES string of the molecule is CC(C)(C)OC(=O)C#CN1CCCC1. The smallest absolute Gasteiger partial charge is 0.386 e. The van der Waals surface area contributed by atoms with E-state index < -0.39 is 11.6 Å². The van der Waals surface area contributed by atoms with E-state index in [-0.39, 0.29) is 0 Å². The quantitative estimate of drug-likeness (QED) is 0.432. The lowest BCUT2D eigenvalue weighted by atomic mass is 10.2. The number of likely N-dealkylation sites (tertiary alicyclic amines) is 1. The molecule has 1 aliphatic rings. The maximum atomic E-state index is 11.2. The Bertz CT molecular complexity index is 261. The molecule has 78 valence electrons. The van der Waals surface area contributed by atoms with Gasteiger partial charge in [-0.1, -0.05) is 0 Å². The summed E-state index contributed by atoms with van der Waals surface area (Å²) in [6, 6.07) is 2.81. The molecule has 3 heteroatoms. The molecule has 1 heterocycles. The molecule has 0 bridgehead atoms. The number of carbonyl (C=O) groups is 1. The molecule has 0 aliphatic carbocycles. The van der Waals surface area contributed by atoms with Gasteiger partial charge in [0.15, 0.2) is 0 Å². The molecule has 1 aliphatic heterocycles. The van der Waals surface area contributed by atoms with Crippen LogP contribution in [0, 0.1) is 12.0 Å². The largest absolute Gasteiger partial charge is 0.450 e. The first-order valence-electron chi connectivity index (χ1n) is 4.97. The number of carbonyl (C=O) groups excluding carboxylic acids is 1. The third-order valence-corrected chi connectivity index (χ3v) is 1.82. The normalized spacial score (nSPS) is 16.1. The van der Waals surface area contributed by atoms with E-state index >= 15 is 0 Å². The second-order valence-corrected chi connectivity index (χ2v) is 4.43. The van der Waals surface area contributed by atoms with Gasteiger partial charge < -0.3 is 9.64 Å². The van der Waals surface area contributed by atoms with Crippen molar-refractivity contribution in [1.82, 2.24) is 4.90 Å². The minimum Gasteiger partial charge on any atom is -0.450 e. The van der Waals surface area contributed by atoms with Gasteiger partial charge in [0.1, 0.15) is 5.60 Å². The molecule has 0 saturated carbocycles. The van der Waals surface area contributed by atoms with Crippen LogP contribution in [-0.2, 0) is 9.53 Å². The number of hydrogen-bond donors (Lipinski definition) is 0. The first kappa shape index (κ1) is 10.9. The monoisotopic (exact) mass is 195 g/mol. The van der Waals surface area contributed by atoms with Crippen molar-refractivity contribution in [2.45, 2.75) is 39.2 Å². The minimum absolute atomic E-state index is 0.440. The lowest BCUT2D eigenvalue weighted by Crippen LogP contribution is -2.23. The number of nitrogens with zero attached hydrogens (tertiary/aromatic N) is 1. The Labute approximate surface area is 85.4 Å². The third-order valence-electron chi connectivity index (χ3n) is 1.82. The molecule has 0 amide bonds. The highest BCUT2D eigenvalue weighted by Crippen LogP contribution is 2.07. The fourth-order valence-electron chi connectivity index (χ4n) is 1.26. The van der Waals surface area contributed by atoms with Crippen LogP contribution in [0.4, 0.5) is 0 Å². The van der Waals surface area contributed by atoms with E-state index in [1.807, 2.05) is 25.7 Å². The van der Waals surface area contributed by atoms with Crippen molar-refractivity contribution in [1.29, 1.82) is 0 Å². The van der Waals surface area contributed by atoms with Crippen LogP contribution in [0.2, 0.25) is 0 Å². The average Bonchev–Trinajstić information content (AvgIpc) is 2.49. The molecule has 14 heavy (non-hydrogen) atoms. The first-order chi connectivity index (χ1) is 6.47. The van der Waals surface area contributed by atoms with Gasteiger partial charge in [-0.2, -0.15) is 0 Å². The highest BCUT2D eigenvalue weighted by molar-refractivity contribution is 5.88. The maximum absolute atomic E-state index is 11.2. The van der Waals surface area contributed by atoms with E-state index in [0.29, 0.717) is 0 Å². The van der Waals surface area contributed by atoms with Gasteiger partial charge in [-0.05, 0) is 33.6 Å². The molecule has 0 spiro atoms. The van der Waals surface area contributed by atoms with Crippen LogP contribution in [0.3, 0.4) is 0 Å². The molecular formula is C11H17NO2. The van der Waals surface area contributed by atoms with Crippen molar-refractivity contribution in [2.24, 2.45) is 0 Å². The fraction of sp³-hybridized carbons (Fsp3) is 0.727. The van der Waals surface area contributed by atoms with Crippen molar-refractivity contribution < 1.29 is 9.53 Å². The van der Waals surface area contributed by atoms with Crippen LogP contribution in [0.1, 0.15) is 33.6 Å². The average molecular weight is 195 g/mol. The van der Waals surface area contributed by atoms with Crippen molar-refractivity contribution >= 4 is 5.97 Å². The van der Waals surface area contributed by atoms with Gasteiger partial charge in [-0.25, -0.2) is 4.79 Å². The Balaban J connectivity index is 2.39. The summed E-state index contributed by atoms with van der Waals surface area (Å²) in [4.78, 5) is 13.2. The van der Waals surface area contributed by atoms with Crippen LogP contribution in [0.25, 0.3) is 0 Å². The predicted molar refractivity (Wildman–Crippen MR) is 54.4 cm³/mol. The van der Waals surface area contributed by atoms with E-state index in [1.165, 1.54) is 12.8 Å². The van der Waals surface area contributed by atoms with Gasteiger partial charge in [0, 0.05) is 25.1 Å².